The minimum absolute atomic E-state index is 0.383. The number of hydrogen-bond acceptors (Lipinski definition) is 3. The summed E-state index contributed by atoms with van der Waals surface area (Å²) >= 11 is 0. The van der Waals surface area contributed by atoms with Gasteiger partial charge in [0.1, 0.15) is 5.82 Å². The molecule has 1 heterocycles. The van der Waals surface area contributed by atoms with Gasteiger partial charge in [0.05, 0.1) is 5.52 Å². The van der Waals surface area contributed by atoms with Crippen LogP contribution in [-0.4, -0.2) is 17.9 Å². The molecule has 0 bridgehead atoms. The minimum Gasteiger partial charge on any atom is -0.388 e. The first-order valence-corrected chi connectivity index (χ1v) is 7.41. The molecule has 120 valence electrons. The molecule has 0 aliphatic carbocycles. The lowest BCUT2D eigenvalue weighted by Crippen LogP contribution is -2.07. The number of amides is 1. The third kappa shape index (κ3) is 3.10. The number of anilines is 2. The molecular weight excluding hydrogens is 305 g/mol. The van der Waals surface area contributed by atoms with Gasteiger partial charge in [0, 0.05) is 30.0 Å². The molecule has 3 rings (SSSR count). The molecule has 0 radical (unpaired) electrons. The van der Waals surface area contributed by atoms with E-state index >= 15 is 0 Å². The minimum atomic E-state index is -0.424. The van der Waals surface area contributed by atoms with Crippen LogP contribution in [0.5, 0.6) is 0 Å². The lowest BCUT2D eigenvalue weighted by atomic mass is 10.0. The Morgan fingerprint density at radius 3 is 2.75 bits per heavy atom. The second kappa shape index (κ2) is 6.50. The summed E-state index contributed by atoms with van der Waals surface area (Å²) in [5.74, 6) is -0.807. The Morgan fingerprint density at radius 1 is 1.17 bits per heavy atom. The number of nitrogens with one attached hydrogen (secondary N) is 2. The number of aromatic nitrogens is 1. The van der Waals surface area contributed by atoms with Crippen LogP contribution in [0.2, 0.25) is 0 Å². The highest BCUT2D eigenvalue weighted by Crippen LogP contribution is 2.30. The van der Waals surface area contributed by atoms with Crippen LogP contribution in [0, 0.1) is 5.82 Å². The molecule has 3 aromatic rings. The molecule has 1 aromatic heterocycles. The van der Waals surface area contributed by atoms with Gasteiger partial charge < -0.3 is 10.6 Å². The molecule has 0 unspecified atom stereocenters. The Hall–Kier alpha value is -3.21. The summed E-state index contributed by atoms with van der Waals surface area (Å²) in [6.07, 6.45) is 2.88. The molecule has 5 heteroatoms. The first-order valence-electron chi connectivity index (χ1n) is 7.41. The molecule has 4 nitrogen and oxygen atoms in total. The van der Waals surface area contributed by atoms with Gasteiger partial charge in [-0.05, 0) is 53.6 Å². The van der Waals surface area contributed by atoms with Crippen molar-refractivity contribution in [3.05, 3.63) is 67.1 Å². The summed E-state index contributed by atoms with van der Waals surface area (Å²) in [5.41, 5.74) is 3.68. The highest BCUT2D eigenvalue weighted by Gasteiger charge is 2.08. The van der Waals surface area contributed by atoms with Crippen molar-refractivity contribution in [3.63, 3.8) is 0 Å². The van der Waals surface area contributed by atoms with Crippen LogP contribution < -0.4 is 10.6 Å². The lowest BCUT2D eigenvalue weighted by molar-refractivity contribution is -0.111. The van der Waals surface area contributed by atoms with E-state index in [1.54, 1.807) is 12.3 Å². The van der Waals surface area contributed by atoms with Crippen LogP contribution in [0.25, 0.3) is 22.0 Å². The van der Waals surface area contributed by atoms with E-state index in [9.17, 15) is 9.18 Å². The van der Waals surface area contributed by atoms with Crippen molar-refractivity contribution in [2.75, 3.05) is 17.7 Å². The van der Waals surface area contributed by atoms with Gasteiger partial charge in [-0.3, -0.25) is 9.78 Å². The third-order valence-electron chi connectivity index (χ3n) is 3.69. The number of carbonyl (C=O) groups is 1. The zero-order chi connectivity index (χ0) is 17.1. The first-order chi connectivity index (χ1) is 11.6. The van der Waals surface area contributed by atoms with Crippen molar-refractivity contribution in [2.45, 2.75) is 0 Å². The van der Waals surface area contributed by atoms with Crippen molar-refractivity contribution >= 4 is 28.2 Å². The molecule has 0 saturated heterocycles. The Morgan fingerprint density at radius 2 is 2.00 bits per heavy atom. The van der Waals surface area contributed by atoms with E-state index in [0.29, 0.717) is 11.3 Å². The van der Waals surface area contributed by atoms with E-state index in [4.69, 9.17) is 0 Å². The number of fused-ring (bicyclic) bond motifs is 1. The van der Waals surface area contributed by atoms with Gasteiger partial charge in [-0.25, -0.2) is 4.39 Å². The molecule has 0 aliphatic heterocycles. The van der Waals surface area contributed by atoms with Crippen molar-refractivity contribution < 1.29 is 9.18 Å². The molecule has 2 aromatic carbocycles. The fraction of sp³-hybridized carbons (Fsp3) is 0.0526. The average Bonchev–Trinajstić information content (AvgIpc) is 2.60. The van der Waals surface area contributed by atoms with Crippen LogP contribution in [0.15, 0.2) is 61.3 Å². The standard InChI is InChI=1S/C19H16FN3O/c1-3-19(24)23-15-9-13(8-14(20)11-15)12-4-5-18-16(10-12)17(21-2)6-7-22-18/h3-11H,1H2,2H3,(H,21,22)(H,23,24). The number of halogens is 1. The van der Waals surface area contributed by atoms with Crippen molar-refractivity contribution in [3.8, 4) is 11.1 Å². The SMILES string of the molecule is C=CC(=O)Nc1cc(F)cc(-c2ccc3nccc(NC)c3c2)c1. The van der Waals surface area contributed by atoms with E-state index < -0.39 is 5.82 Å². The summed E-state index contributed by atoms with van der Waals surface area (Å²) in [6.45, 7) is 3.39. The molecule has 0 fully saturated rings. The Bertz CT molecular complexity index is 937. The highest BCUT2D eigenvalue weighted by atomic mass is 19.1. The Labute approximate surface area is 139 Å². The summed E-state index contributed by atoms with van der Waals surface area (Å²) in [7, 11) is 1.84. The maximum atomic E-state index is 13.9. The second-order valence-corrected chi connectivity index (χ2v) is 5.26. The zero-order valence-corrected chi connectivity index (χ0v) is 13.1. The maximum absolute atomic E-state index is 13.9. The fourth-order valence-electron chi connectivity index (χ4n) is 2.57. The van der Waals surface area contributed by atoms with Crippen molar-refractivity contribution in [2.24, 2.45) is 0 Å². The number of benzene rings is 2. The van der Waals surface area contributed by atoms with E-state index in [1.165, 1.54) is 12.1 Å². The molecule has 1 amide bonds. The van der Waals surface area contributed by atoms with Crippen LogP contribution >= 0.6 is 0 Å². The van der Waals surface area contributed by atoms with E-state index in [-0.39, 0.29) is 5.91 Å². The number of nitrogens with zero attached hydrogens (tertiary/aromatic N) is 1. The Kier molecular flexibility index (Phi) is 4.24. The quantitative estimate of drug-likeness (QED) is 0.708. The maximum Gasteiger partial charge on any atom is 0.247 e. The van der Waals surface area contributed by atoms with Gasteiger partial charge in [-0.1, -0.05) is 12.6 Å². The lowest BCUT2D eigenvalue weighted by Gasteiger charge is -2.10. The van der Waals surface area contributed by atoms with Crippen molar-refractivity contribution in [1.82, 2.24) is 4.98 Å². The monoisotopic (exact) mass is 321 g/mol. The highest BCUT2D eigenvalue weighted by molar-refractivity contribution is 5.99. The van der Waals surface area contributed by atoms with Crippen LogP contribution in [-0.2, 0) is 4.79 Å². The van der Waals surface area contributed by atoms with E-state index in [0.717, 1.165) is 28.2 Å². The molecule has 0 saturated carbocycles. The van der Waals surface area contributed by atoms with Crippen LogP contribution in [0.1, 0.15) is 0 Å². The van der Waals surface area contributed by atoms with Gasteiger partial charge >= 0.3 is 0 Å². The second-order valence-electron chi connectivity index (χ2n) is 5.26. The van der Waals surface area contributed by atoms with Gasteiger partial charge in [0.25, 0.3) is 0 Å². The molecule has 0 atom stereocenters. The summed E-state index contributed by atoms with van der Waals surface area (Å²) < 4.78 is 13.9. The summed E-state index contributed by atoms with van der Waals surface area (Å²) in [5, 5.41) is 6.65. The molecule has 0 spiro atoms. The van der Waals surface area contributed by atoms with Gasteiger partial charge in [0.15, 0.2) is 0 Å². The van der Waals surface area contributed by atoms with Crippen LogP contribution in [0.3, 0.4) is 0 Å². The predicted molar refractivity (Wildman–Crippen MR) is 95.5 cm³/mol. The average molecular weight is 321 g/mol. The van der Waals surface area contributed by atoms with Crippen LogP contribution in [0.4, 0.5) is 15.8 Å². The number of carbonyl (C=O) groups excluding carboxylic acids is 1. The smallest absolute Gasteiger partial charge is 0.247 e. The normalized spacial score (nSPS) is 10.4. The number of rotatable bonds is 4. The zero-order valence-electron chi connectivity index (χ0n) is 13.1. The fourth-order valence-corrected chi connectivity index (χ4v) is 2.57. The third-order valence-corrected chi connectivity index (χ3v) is 3.69. The topological polar surface area (TPSA) is 54.0 Å². The molecule has 2 N–H and O–H groups in total. The van der Waals surface area contributed by atoms with Crippen molar-refractivity contribution in [1.29, 1.82) is 0 Å². The largest absolute Gasteiger partial charge is 0.388 e. The summed E-state index contributed by atoms with van der Waals surface area (Å²) in [6, 6.07) is 12.0. The number of hydrogen-bond donors (Lipinski definition) is 2. The predicted octanol–water partition coefficient (Wildman–Crippen LogP) is 4.21. The van der Waals surface area contributed by atoms with Gasteiger partial charge in [-0.15, -0.1) is 0 Å². The summed E-state index contributed by atoms with van der Waals surface area (Å²) in [4.78, 5) is 15.8. The molecule has 0 aliphatic rings. The van der Waals surface area contributed by atoms with Gasteiger partial charge in [0.2, 0.25) is 5.91 Å². The molecular formula is C19H16FN3O. The number of pyridine rings is 1. The Balaban J connectivity index is 2.09. The van der Waals surface area contributed by atoms with E-state index in [2.05, 4.69) is 22.2 Å². The molecule has 24 heavy (non-hydrogen) atoms. The first kappa shape index (κ1) is 15.7. The van der Waals surface area contributed by atoms with E-state index in [1.807, 2.05) is 31.3 Å². The van der Waals surface area contributed by atoms with Gasteiger partial charge in [-0.2, -0.15) is 0 Å².